The first kappa shape index (κ1) is 15.0. The first-order valence-electron chi connectivity index (χ1n) is 6.87. The molecule has 110 valence electrons. The van der Waals surface area contributed by atoms with Gasteiger partial charge in [-0.25, -0.2) is 4.98 Å². The predicted octanol–water partition coefficient (Wildman–Crippen LogP) is 1.89. The van der Waals surface area contributed by atoms with Crippen LogP contribution in [0.25, 0.3) is 0 Å². The van der Waals surface area contributed by atoms with E-state index in [1.54, 1.807) is 37.0 Å². The summed E-state index contributed by atoms with van der Waals surface area (Å²) < 4.78 is 0. The number of rotatable bonds is 3. The lowest BCUT2D eigenvalue weighted by molar-refractivity contribution is -0.155. The van der Waals surface area contributed by atoms with Crippen molar-refractivity contribution >= 4 is 23.2 Å². The molecular formula is C14H21N3O2S. The third-order valence-corrected chi connectivity index (χ3v) is 5.01. The van der Waals surface area contributed by atoms with E-state index in [2.05, 4.69) is 17.2 Å². The van der Waals surface area contributed by atoms with Crippen molar-refractivity contribution in [2.45, 2.75) is 58.7 Å². The number of nitrogens with one attached hydrogen (secondary N) is 1. The normalized spacial score (nSPS) is 23.6. The molecule has 2 rings (SSSR count). The van der Waals surface area contributed by atoms with Gasteiger partial charge in [-0.3, -0.25) is 9.59 Å². The van der Waals surface area contributed by atoms with Crippen LogP contribution in [-0.2, 0) is 16.0 Å². The fraction of sp³-hybridized carbons (Fsp3) is 0.643. The second-order valence-electron chi connectivity index (χ2n) is 5.70. The molecule has 20 heavy (non-hydrogen) atoms. The van der Waals surface area contributed by atoms with Gasteiger partial charge in [0.1, 0.15) is 16.6 Å². The highest BCUT2D eigenvalue weighted by atomic mass is 32.1. The van der Waals surface area contributed by atoms with Crippen LogP contribution in [0.1, 0.15) is 50.5 Å². The van der Waals surface area contributed by atoms with Gasteiger partial charge in [0, 0.05) is 11.1 Å². The van der Waals surface area contributed by atoms with Crippen molar-refractivity contribution in [3.63, 3.8) is 0 Å². The van der Waals surface area contributed by atoms with Crippen LogP contribution in [0.5, 0.6) is 0 Å². The van der Waals surface area contributed by atoms with Crippen molar-refractivity contribution in [3.05, 3.63) is 16.1 Å². The molecule has 2 amide bonds. The number of carbonyl (C=O) groups excluding carboxylic acids is 2. The number of amides is 2. The van der Waals surface area contributed by atoms with E-state index >= 15 is 0 Å². The number of aromatic nitrogens is 1. The fourth-order valence-corrected chi connectivity index (χ4v) is 3.31. The van der Waals surface area contributed by atoms with Gasteiger partial charge < -0.3 is 10.2 Å². The number of hydrogen-bond acceptors (Lipinski definition) is 4. The van der Waals surface area contributed by atoms with E-state index in [0.717, 1.165) is 11.4 Å². The quantitative estimate of drug-likeness (QED) is 0.926. The van der Waals surface area contributed by atoms with Gasteiger partial charge in [-0.15, -0.1) is 11.3 Å². The molecule has 0 saturated carbocycles. The SMILES string of the molecule is CCc1cnc(C(C)N2C(=O)C(C)(C)NC(=O)C2C)s1. The lowest BCUT2D eigenvalue weighted by Crippen LogP contribution is -2.67. The summed E-state index contributed by atoms with van der Waals surface area (Å²) in [6, 6.07) is -0.660. The van der Waals surface area contributed by atoms with Gasteiger partial charge in [0.2, 0.25) is 11.8 Å². The second kappa shape index (κ2) is 5.16. The summed E-state index contributed by atoms with van der Waals surface area (Å²) in [5, 5.41) is 3.64. The monoisotopic (exact) mass is 295 g/mol. The van der Waals surface area contributed by atoms with Crippen LogP contribution in [0.3, 0.4) is 0 Å². The van der Waals surface area contributed by atoms with Crippen LogP contribution in [0, 0.1) is 0 Å². The third-order valence-electron chi connectivity index (χ3n) is 3.70. The smallest absolute Gasteiger partial charge is 0.249 e. The van der Waals surface area contributed by atoms with Crippen LogP contribution in [0.15, 0.2) is 6.20 Å². The topological polar surface area (TPSA) is 62.3 Å². The van der Waals surface area contributed by atoms with Crippen molar-refractivity contribution in [3.8, 4) is 0 Å². The van der Waals surface area contributed by atoms with Gasteiger partial charge in [-0.2, -0.15) is 0 Å². The van der Waals surface area contributed by atoms with Crippen LogP contribution >= 0.6 is 11.3 Å². The summed E-state index contributed by atoms with van der Waals surface area (Å²) >= 11 is 1.60. The molecule has 2 atom stereocenters. The van der Waals surface area contributed by atoms with E-state index in [0.29, 0.717) is 0 Å². The van der Waals surface area contributed by atoms with Gasteiger partial charge in [0.05, 0.1) is 6.04 Å². The van der Waals surface area contributed by atoms with Gasteiger partial charge >= 0.3 is 0 Å². The van der Waals surface area contributed by atoms with E-state index in [9.17, 15) is 9.59 Å². The fourth-order valence-electron chi connectivity index (χ4n) is 2.40. The molecule has 1 fully saturated rings. The van der Waals surface area contributed by atoms with Crippen LogP contribution < -0.4 is 5.32 Å². The molecule has 5 nitrogen and oxygen atoms in total. The largest absolute Gasteiger partial charge is 0.340 e. The van der Waals surface area contributed by atoms with Crippen LogP contribution in [-0.4, -0.2) is 33.3 Å². The molecule has 1 N–H and O–H groups in total. The van der Waals surface area contributed by atoms with E-state index in [1.165, 1.54) is 4.88 Å². The minimum absolute atomic E-state index is 0.0645. The zero-order valence-corrected chi connectivity index (χ0v) is 13.4. The Morgan fingerprint density at radius 1 is 1.50 bits per heavy atom. The van der Waals surface area contributed by atoms with E-state index < -0.39 is 11.6 Å². The first-order chi connectivity index (χ1) is 9.27. The Hall–Kier alpha value is -1.43. The molecule has 1 aromatic rings. The van der Waals surface area contributed by atoms with Gasteiger partial charge in [0.25, 0.3) is 0 Å². The minimum Gasteiger partial charge on any atom is -0.340 e. The van der Waals surface area contributed by atoms with Gasteiger partial charge in [-0.1, -0.05) is 6.92 Å². The number of nitrogens with zero attached hydrogens (tertiary/aromatic N) is 2. The molecule has 0 aromatic carbocycles. The van der Waals surface area contributed by atoms with E-state index in [-0.39, 0.29) is 17.9 Å². The summed E-state index contributed by atoms with van der Waals surface area (Å²) in [6.45, 7) is 9.23. The molecular weight excluding hydrogens is 274 g/mol. The Kier molecular flexibility index (Phi) is 3.86. The molecule has 0 aliphatic carbocycles. The van der Waals surface area contributed by atoms with Crippen LogP contribution in [0.2, 0.25) is 0 Å². The first-order valence-corrected chi connectivity index (χ1v) is 7.69. The van der Waals surface area contributed by atoms with Crippen molar-refractivity contribution in [1.82, 2.24) is 15.2 Å². The van der Waals surface area contributed by atoms with E-state index in [4.69, 9.17) is 0 Å². The Morgan fingerprint density at radius 2 is 2.15 bits per heavy atom. The number of carbonyl (C=O) groups is 2. The molecule has 0 bridgehead atoms. The Balaban J connectivity index is 2.32. The number of piperazine rings is 1. The Morgan fingerprint density at radius 3 is 2.70 bits per heavy atom. The summed E-state index contributed by atoms with van der Waals surface area (Å²) in [6.07, 6.45) is 2.78. The molecule has 6 heteroatoms. The van der Waals surface area contributed by atoms with Crippen molar-refractivity contribution in [1.29, 1.82) is 0 Å². The van der Waals surface area contributed by atoms with Crippen LogP contribution in [0.4, 0.5) is 0 Å². The molecule has 0 radical (unpaired) electrons. The molecule has 1 aromatic heterocycles. The third kappa shape index (κ3) is 2.44. The molecule has 1 aliphatic heterocycles. The van der Waals surface area contributed by atoms with Gasteiger partial charge in [0.15, 0.2) is 0 Å². The zero-order valence-electron chi connectivity index (χ0n) is 12.6. The second-order valence-corrected chi connectivity index (χ2v) is 6.84. The highest BCUT2D eigenvalue weighted by Gasteiger charge is 2.45. The number of aryl methyl sites for hydroxylation is 1. The highest BCUT2D eigenvalue weighted by molar-refractivity contribution is 7.11. The summed E-state index contributed by atoms with van der Waals surface area (Å²) in [5.74, 6) is -0.181. The average molecular weight is 295 g/mol. The number of thiazole rings is 1. The molecule has 1 saturated heterocycles. The minimum atomic E-state index is -0.858. The molecule has 0 spiro atoms. The summed E-state index contributed by atoms with van der Waals surface area (Å²) in [5.41, 5.74) is -0.858. The molecule has 2 unspecified atom stereocenters. The summed E-state index contributed by atoms with van der Waals surface area (Å²) in [4.78, 5) is 31.9. The van der Waals surface area contributed by atoms with Crippen molar-refractivity contribution in [2.24, 2.45) is 0 Å². The average Bonchev–Trinajstić information content (AvgIpc) is 2.85. The number of hydrogen-bond donors (Lipinski definition) is 1. The Labute approximate surface area is 123 Å². The molecule has 1 aliphatic rings. The lowest BCUT2D eigenvalue weighted by Gasteiger charge is -2.43. The molecule has 2 heterocycles. The Bertz CT molecular complexity index is 538. The maximum atomic E-state index is 12.6. The lowest BCUT2D eigenvalue weighted by atomic mass is 9.96. The van der Waals surface area contributed by atoms with Crippen molar-refractivity contribution < 1.29 is 9.59 Å². The standard InChI is InChI=1S/C14H21N3O2S/c1-6-10-7-15-12(20-10)9(3)17-8(2)11(18)16-14(4,5)13(17)19/h7-9H,6H2,1-5H3,(H,16,18). The maximum absolute atomic E-state index is 12.6. The summed E-state index contributed by atoms with van der Waals surface area (Å²) in [7, 11) is 0. The predicted molar refractivity (Wildman–Crippen MR) is 78.4 cm³/mol. The zero-order chi connectivity index (χ0) is 15.1. The van der Waals surface area contributed by atoms with Crippen molar-refractivity contribution in [2.75, 3.05) is 0 Å². The van der Waals surface area contributed by atoms with E-state index in [1.807, 2.05) is 13.1 Å². The highest BCUT2D eigenvalue weighted by Crippen LogP contribution is 2.31. The van der Waals surface area contributed by atoms with Gasteiger partial charge in [-0.05, 0) is 34.1 Å². The maximum Gasteiger partial charge on any atom is 0.249 e.